The van der Waals surface area contributed by atoms with Crippen molar-refractivity contribution in [2.75, 3.05) is 13.7 Å². The number of hydrogen-bond acceptors (Lipinski definition) is 4. The fraction of sp³-hybridized carbons (Fsp3) is 0.412. The summed E-state index contributed by atoms with van der Waals surface area (Å²) in [6.45, 7) is 6.08. The summed E-state index contributed by atoms with van der Waals surface area (Å²) in [5.74, 6) is 0.261. The van der Waals surface area contributed by atoms with Gasteiger partial charge in [0.05, 0.1) is 18.7 Å². The van der Waals surface area contributed by atoms with Crippen LogP contribution < -0.4 is 20.5 Å². The highest BCUT2D eigenvalue weighted by Crippen LogP contribution is 2.37. The molecule has 7 heteroatoms. The second-order valence-corrected chi connectivity index (χ2v) is 6.11. The molecule has 1 aromatic carbocycles. The van der Waals surface area contributed by atoms with E-state index in [1.54, 1.807) is 18.2 Å². The van der Waals surface area contributed by atoms with Gasteiger partial charge in [0.25, 0.3) is 0 Å². The maximum absolute atomic E-state index is 11.7. The zero-order valence-corrected chi connectivity index (χ0v) is 15.0. The van der Waals surface area contributed by atoms with Crippen molar-refractivity contribution in [3.63, 3.8) is 0 Å². The first-order valence-corrected chi connectivity index (χ1v) is 7.90. The van der Waals surface area contributed by atoms with E-state index >= 15 is 0 Å². The maximum Gasteiger partial charge on any atom is 0.244 e. The van der Waals surface area contributed by atoms with Gasteiger partial charge in [-0.2, -0.15) is 0 Å². The van der Waals surface area contributed by atoms with E-state index in [1.165, 1.54) is 20.1 Å². The number of carbonyl (C=O) groups is 2. The summed E-state index contributed by atoms with van der Waals surface area (Å²) in [7, 11) is 1.52. The summed E-state index contributed by atoms with van der Waals surface area (Å²) in [4.78, 5) is 22.6. The summed E-state index contributed by atoms with van der Waals surface area (Å²) < 4.78 is 11.0. The van der Waals surface area contributed by atoms with Crippen LogP contribution in [0.3, 0.4) is 0 Å². The molecule has 0 aliphatic carbocycles. The quantitative estimate of drug-likeness (QED) is 0.701. The van der Waals surface area contributed by atoms with Gasteiger partial charge in [-0.25, -0.2) is 0 Å². The van der Waals surface area contributed by atoms with Crippen LogP contribution in [0.4, 0.5) is 0 Å². The number of primary amides is 1. The number of hydrogen-bond donors (Lipinski definition) is 2. The topological polar surface area (TPSA) is 90.6 Å². The first-order valence-electron chi connectivity index (χ1n) is 7.52. The molecule has 24 heavy (non-hydrogen) atoms. The molecule has 0 heterocycles. The number of halogens is 1. The molecule has 1 aromatic rings. The smallest absolute Gasteiger partial charge is 0.244 e. The third kappa shape index (κ3) is 6.12. The van der Waals surface area contributed by atoms with E-state index in [2.05, 4.69) is 5.32 Å². The van der Waals surface area contributed by atoms with Crippen molar-refractivity contribution >= 4 is 29.5 Å². The number of nitrogens with two attached hydrogens (primary N) is 1. The van der Waals surface area contributed by atoms with Crippen molar-refractivity contribution in [1.29, 1.82) is 0 Å². The summed E-state index contributed by atoms with van der Waals surface area (Å²) in [5, 5.41) is 2.84. The molecule has 0 saturated carbocycles. The van der Waals surface area contributed by atoms with E-state index in [4.69, 9.17) is 26.8 Å². The van der Waals surface area contributed by atoms with E-state index in [0.29, 0.717) is 34.6 Å². The predicted octanol–water partition coefficient (Wildman–Crippen LogP) is 2.39. The number of nitrogens with one attached hydrogen (secondary N) is 1. The number of rotatable bonds is 8. The zero-order chi connectivity index (χ0) is 18.3. The molecule has 6 nitrogen and oxygen atoms in total. The van der Waals surface area contributed by atoms with Crippen LogP contribution in [-0.4, -0.2) is 31.6 Å². The molecule has 132 valence electrons. The first kappa shape index (κ1) is 19.8. The molecule has 1 unspecified atom stereocenters. The van der Waals surface area contributed by atoms with Gasteiger partial charge in [0.15, 0.2) is 11.5 Å². The first-order chi connectivity index (χ1) is 11.2. The number of methoxy groups -OCH3 is 1. The van der Waals surface area contributed by atoms with Crippen molar-refractivity contribution in [3.8, 4) is 11.5 Å². The van der Waals surface area contributed by atoms with Crippen LogP contribution in [-0.2, 0) is 9.59 Å². The lowest BCUT2D eigenvalue weighted by molar-refractivity contribution is -0.124. The van der Waals surface area contributed by atoms with Crippen molar-refractivity contribution < 1.29 is 19.1 Å². The Morgan fingerprint density at radius 1 is 1.33 bits per heavy atom. The minimum absolute atomic E-state index is 0.348. The fourth-order valence-corrected chi connectivity index (χ4v) is 2.00. The van der Waals surface area contributed by atoms with Gasteiger partial charge in [-0.15, -0.1) is 0 Å². The highest BCUT2D eigenvalue weighted by molar-refractivity contribution is 6.32. The fourth-order valence-electron chi connectivity index (χ4n) is 1.73. The van der Waals surface area contributed by atoms with Gasteiger partial charge >= 0.3 is 0 Å². The SMILES string of the molecule is COc1cc(/C=C/C(=O)NC(C)C(N)=O)cc(Cl)c1OCC(C)C. The minimum atomic E-state index is -0.743. The van der Waals surface area contributed by atoms with E-state index in [1.807, 2.05) is 13.8 Å². The normalized spacial score (nSPS) is 12.2. The molecule has 0 bridgehead atoms. The van der Waals surface area contributed by atoms with Crippen LogP contribution in [0.25, 0.3) is 6.08 Å². The van der Waals surface area contributed by atoms with Crippen LogP contribution in [0, 0.1) is 5.92 Å². The monoisotopic (exact) mass is 354 g/mol. The van der Waals surface area contributed by atoms with Gasteiger partial charge in [-0.3, -0.25) is 9.59 Å². The largest absolute Gasteiger partial charge is 0.493 e. The third-order valence-electron chi connectivity index (χ3n) is 3.03. The second kappa shape index (κ2) is 9.17. The Morgan fingerprint density at radius 2 is 2.00 bits per heavy atom. The molecule has 1 atom stereocenters. The minimum Gasteiger partial charge on any atom is -0.493 e. The van der Waals surface area contributed by atoms with Crippen molar-refractivity contribution in [2.24, 2.45) is 11.7 Å². The lowest BCUT2D eigenvalue weighted by atomic mass is 10.1. The average molecular weight is 355 g/mol. The maximum atomic E-state index is 11.7. The summed E-state index contributed by atoms with van der Waals surface area (Å²) in [5.41, 5.74) is 5.75. The van der Waals surface area contributed by atoms with E-state index < -0.39 is 17.9 Å². The van der Waals surface area contributed by atoms with E-state index in [9.17, 15) is 9.59 Å². The molecule has 0 aliphatic rings. The lowest BCUT2D eigenvalue weighted by Gasteiger charge is -2.14. The van der Waals surface area contributed by atoms with Gasteiger partial charge in [0.2, 0.25) is 11.8 Å². The second-order valence-electron chi connectivity index (χ2n) is 5.70. The highest BCUT2D eigenvalue weighted by atomic mass is 35.5. The van der Waals surface area contributed by atoms with Crippen molar-refractivity contribution in [1.82, 2.24) is 5.32 Å². The molecular weight excluding hydrogens is 332 g/mol. The van der Waals surface area contributed by atoms with E-state index in [-0.39, 0.29) is 0 Å². The Balaban J connectivity index is 2.89. The number of amides is 2. The molecule has 0 radical (unpaired) electrons. The van der Waals surface area contributed by atoms with Crippen LogP contribution in [0.5, 0.6) is 11.5 Å². The summed E-state index contributed by atoms with van der Waals surface area (Å²) in [6, 6.07) is 2.64. The lowest BCUT2D eigenvalue weighted by Crippen LogP contribution is -2.41. The summed E-state index contributed by atoms with van der Waals surface area (Å²) in [6.07, 6.45) is 2.85. The van der Waals surface area contributed by atoms with Gasteiger partial charge in [-0.05, 0) is 36.6 Å². The predicted molar refractivity (Wildman–Crippen MR) is 94.2 cm³/mol. The van der Waals surface area contributed by atoms with Gasteiger partial charge in [0, 0.05) is 6.08 Å². The number of benzene rings is 1. The molecule has 3 N–H and O–H groups in total. The molecule has 0 spiro atoms. The van der Waals surface area contributed by atoms with Crippen LogP contribution in [0.2, 0.25) is 5.02 Å². The summed E-state index contributed by atoms with van der Waals surface area (Å²) >= 11 is 6.24. The van der Waals surface area contributed by atoms with Gasteiger partial charge < -0.3 is 20.5 Å². The van der Waals surface area contributed by atoms with Crippen molar-refractivity contribution in [2.45, 2.75) is 26.8 Å². The van der Waals surface area contributed by atoms with Crippen LogP contribution in [0.1, 0.15) is 26.3 Å². The van der Waals surface area contributed by atoms with Crippen molar-refractivity contribution in [3.05, 3.63) is 28.8 Å². The molecule has 0 fully saturated rings. The molecule has 0 aromatic heterocycles. The molecule has 2 amide bonds. The average Bonchev–Trinajstić information content (AvgIpc) is 2.50. The Hall–Kier alpha value is -2.21. The molecule has 0 saturated heterocycles. The van der Waals surface area contributed by atoms with Crippen LogP contribution >= 0.6 is 11.6 Å². The number of ether oxygens (including phenoxy) is 2. The zero-order valence-electron chi connectivity index (χ0n) is 14.3. The Labute approximate surface area is 146 Å². The standard InChI is InChI=1S/C17H23ClN2O4/c1-10(2)9-24-16-13(18)7-12(8-14(16)23-4)5-6-15(21)20-11(3)17(19)22/h5-8,10-11H,9H2,1-4H3,(H2,19,22)(H,20,21)/b6-5+. The van der Waals surface area contributed by atoms with E-state index in [0.717, 1.165) is 0 Å². The van der Waals surface area contributed by atoms with Gasteiger partial charge in [0.1, 0.15) is 6.04 Å². The Bertz CT molecular complexity index is 629. The highest BCUT2D eigenvalue weighted by Gasteiger charge is 2.13. The Morgan fingerprint density at radius 3 is 2.54 bits per heavy atom. The van der Waals surface area contributed by atoms with Gasteiger partial charge in [-0.1, -0.05) is 25.4 Å². The Kier molecular flexibility index (Phi) is 7.58. The molecular formula is C17H23ClN2O4. The third-order valence-corrected chi connectivity index (χ3v) is 3.31. The number of carbonyl (C=O) groups excluding carboxylic acids is 2. The molecule has 0 aliphatic heterocycles. The molecule has 1 rings (SSSR count). The van der Waals surface area contributed by atoms with Crippen LogP contribution in [0.15, 0.2) is 18.2 Å².